The van der Waals surface area contributed by atoms with Gasteiger partial charge in [0.25, 0.3) is 0 Å². The number of anilines is 4. The number of fused-ring (bicyclic) bond motifs is 1. The third-order valence-corrected chi connectivity index (χ3v) is 8.94. The van der Waals surface area contributed by atoms with Crippen LogP contribution in [0.25, 0.3) is 5.65 Å². The predicted octanol–water partition coefficient (Wildman–Crippen LogP) is 0.605. The fourth-order valence-electron chi connectivity index (χ4n) is 5.10. The smallest absolute Gasteiger partial charge is 0.247 e. The topological polar surface area (TPSA) is 176 Å². The summed E-state index contributed by atoms with van der Waals surface area (Å²) >= 11 is 0. The van der Waals surface area contributed by atoms with Crippen molar-refractivity contribution in [2.24, 2.45) is 0 Å². The highest BCUT2D eigenvalue weighted by Crippen LogP contribution is 2.32. The van der Waals surface area contributed by atoms with Gasteiger partial charge in [-0.05, 0) is 25.0 Å². The van der Waals surface area contributed by atoms with Crippen molar-refractivity contribution in [2.75, 3.05) is 53.2 Å². The Morgan fingerprint density at radius 3 is 2.51 bits per heavy atom. The van der Waals surface area contributed by atoms with Crippen LogP contribution >= 0.6 is 0 Å². The maximum Gasteiger partial charge on any atom is 0.247 e. The van der Waals surface area contributed by atoms with Crippen LogP contribution in [0.15, 0.2) is 18.3 Å². The maximum absolute atomic E-state index is 15.9. The summed E-state index contributed by atoms with van der Waals surface area (Å²) in [6.07, 6.45) is 2.41. The van der Waals surface area contributed by atoms with Crippen molar-refractivity contribution in [3.8, 4) is 12.1 Å². The fraction of sp³-hybridized carbons (Fsp3) is 0.458. The molecule has 39 heavy (non-hydrogen) atoms. The molecule has 1 saturated carbocycles. The minimum Gasteiger partial charge on any atom is -0.390 e. The number of hydrogen-bond donors (Lipinski definition) is 3. The molecular weight excluding hydrogens is 527 g/mol. The van der Waals surface area contributed by atoms with Crippen LogP contribution in [-0.4, -0.2) is 93.9 Å². The summed E-state index contributed by atoms with van der Waals surface area (Å²) in [5, 5.41) is 39.8. The highest BCUT2D eigenvalue weighted by atomic mass is 32.2. The van der Waals surface area contributed by atoms with Crippen LogP contribution < -0.4 is 15.5 Å². The van der Waals surface area contributed by atoms with Gasteiger partial charge in [0.2, 0.25) is 5.95 Å². The van der Waals surface area contributed by atoms with Crippen molar-refractivity contribution >= 4 is 38.6 Å². The van der Waals surface area contributed by atoms with E-state index >= 15 is 4.39 Å². The molecule has 0 spiro atoms. The minimum atomic E-state index is -3.28. The number of sulfone groups is 1. The molecule has 2 atom stereocenters. The lowest BCUT2D eigenvalue weighted by atomic mass is 10.1. The third kappa shape index (κ3) is 4.92. The molecule has 202 valence electrons. The van der Waals surface area contributed by atoms with Gasteiger partial charge in [-0.2, -0.15) is 20.0 Å². The number of nitrogens with one attached hydrogen (secondary N) is 2. The molecule has 3 aromatic rings. The molecule has 2 aromatic heterocycles. The number of aliphatic hydroxyl groups is 1. The Labute approximate surface area is 223 Å². The second-order valence-electron chi connectivity index (χ2n) is 10.0. The first kappa shape index (κ1) is 25.2. The first-order chi connectivity index (χ1) is 18.7. The second-order valence-corrected chi connectivity index (χ2v) is 12.2. The summed E-state index contributed by atoms with van der Waals surface area (Å²) in [5.74, 6) is -0.487. The van der Waals surface area contributed by atoms with Gasteiger partial charge in [0.1, 0.15) is 6.07 Å². The molecule has 0 bridgehead atoms. The standard InChI is InChI=1S/C24H25FN10O3S/c25-21-17(30-24-31-22(29-15-1-2-15)23-28-11-16(10-27)35(23)32-24)7-14(9-26)8-18(21)33-3-5-34(6-4-33)19-12-39(37,38)13-20(19)36/h7-8,11,15,19-20,36H,1-6,12-13H2,(H2,29,30,31,32)/t19-,20-/m0/s1. The minimum absolute atomic E-state index is 0.000803. The van der Waals surface area contributed by atoms with E-state index in [4.69, 9.17) is 0 Å². The molecular formula is C24H25FN10O3S. The van der Waals surface area contributed by atoms with E-state index in [0.29, 0.717) is 37.6 Å². The molecule has 0 amide bonds. The molecule has 3 N–H and O–H groups in total. The van der Waals surface area contributed by atoms with Crippen LogP contribution in [0.1, 0.15) is 24.1 Å². The molecule has 2 saturated heterocycles. The molecule has 6 rings (SSSR count). The lowest BCUT2D eigenvalue weighted by Crippen LogP contribution is -2.53. The Balaban J connectivity index is 1.27. The Kier molecular flexibility index (Phi) is 6.22. The molecule has 3 aliphatic rings. The summed E-state index contributed by atoms with van der Waals surface area (Å²) in [5.41, 5.74) is 1.02. The van der Waals surface area contributed by atoms with E-state index < -0.39 is 27.8 Å². The van der Waals surface area contributed by atoms with Gasteiger partial charge >= 0.3 is 0 Å². The number of aliphatic hydroxyl groups excluding tert-OH is 1. The Bertz CT molecular complexity index is 1630. The number of benzene rings is 1. The molecule has 2 aliphatic heterocycles. The van der Waals surface area contributed by atoms with Crippen molar-refractivity contribution in [1.29, 1.82) is 10.5 Å². The number of imidazole rings is 1. The number of rotatable bonds is 6. The van der Waals surface area contributed by atoms with E-state index in [9.17, 15) is 24.0 Å². The van der Waals surface area contributed by atoms with Gasteiger partial charge < -0.3 is 20.6 Å². The molecule has 1 aliphatic carbocycles. The summed E-state index contributed by atoms with van der Waals surface area (Å²) in [4.78, 5) is 12.4. The highest BCUT2D eigenvalue weighted by molar-refractivity contribution is 7.91. The van der Waals surface area contributed by atoms with Gasteiger partial charge in [0, 0.05) is 32.2 Å². The van der Waals surface area contributed by atoms with Gasteiger partial charge in [0.05, 0.1) is 52.9 Å². The van der Waals surface area contributed by atoms with Crippen molar-refractivity contribution in [1.82, 2.24) is 24.5 Å². The van der Waals surface area contributed by atoms with Crippen LogP contribution in [0, 0.1) is 28.5 Å². The van der Waals surface area contributed by atoms with Gasteiger partial charge in [-0.1, -0.05) is 0 Å². The average Bonchev–Trinajstić information content (AvgIpc) is 3.56. The largest absolute Gasteiger partial charge is 0.390 e. The van der Waals surface area contributed by atoms with Gasteiger partial charge in [-0.15, -0.1) is 5.10 Å². The maximum atomic E-state index is 15.9. The number of nitrogens with zero attached hydrogens (tertiary/aromatic N) is 8. The number of hydrogen-bond acceptors (Lipinski definition) is 12. The first-order valence-corrected chi connectivity index (χ1v) is 14.4. The van der Waals surface area contributed by atoms with E-state index in [1.165, 1.54) is 22.8 Å². The Hall–Kier alpha value is -4.05. The SMILES string of the molecule is N#Cc1cc(Nc2nc(NC3CC3)c3ncc(C#N)n3n2)c(F)c(N2CCN([C@H]3CS(=O)(=O)C[C@@H]3O)CC2)c1. The van der Waals surface area contributed by atoms with E-state index in [1.54, 1.807) is 4.90 Å². The molecule has 0 radical (unpaired) electrons. The quantitative estimate of drug-likeness (QED) is 0.389. The van der Waals surface area contributed by atoms with Crippen molar-refractivity contribution in [3.63, 3.8) is 0 Å². The molecule has 3 fully saturated rings. The molecule has 13 nitrogen and oxygen atoms in total. The van der Waals surface area contributed by atoms with Gasteiger partial charge in [0.15, 0.2) is 32.8 Å². The van der Waals surface area contributed by atoms with E-state index in [0.717, 1.165) is 12.8 Å². The number of piperazine rings is 1. The first-order valence-electron chi connectivity index (χ1n) is 12.6. The lowest BCUT2D eigenvalue weighted by molar-refractivity contribution is 0.0792. The summed E-state index contributed by atoms with van der Waals surface area (Å²) in [6, 6.07) is 6.70. The van der Waals surface area contributed by atoms with Crippen LogP contribution in [0.5, 0.6) is 0 Å². The lowest BCUT2D eigenvalue weighted by Gasteiger charge is -2.39. The van der Waals surface area contributed by atoms with Crippen LogP contribution in [-0.2, 0) is 9.84 Å². The van der Waals surface area contributed by atoms with Crippen molar-refractivity contribution in [3.05, 3.63) is 35.4 Å². The van der Waals surface area contributed by atoms with Crippen molar-refractivity contribution in [2.45, 2.75) is 31.0 Å². The molecule has 15 heteroatoms. The zero-order valence-electron chi connectivity index (χ0n) is 20.7. The average molecular weight is 553 g/mol. The second kappa shape index (κ2) is 9.60. The van der Waals surface area contributed by atoms with Crippen LogP contribution in [0.4, 0.5) is 27.5 Å². The monoisotopic (exact) mass is 552 g/mol. The van der Waals surface area contributed by atoms with Crippen LogP contribution in [0.2, 0.25) is 0 Å². The third-order valence-electron chi connectivity index (χ3n) is 7.24. The number of halogens is 1. The fourth-order valence-corrected chi connectivity index (χ4v) is 6.93. The van der Waals surface area contributed by atoms with Gasteiger partial charge in [-0.25, -0.2) is 17.8 Å². The Morgan fingerprint density at radius 1 is 1.10 bits per heavy atom. The van der Waals surface area contributed by atoms with E-state index in [1.807, 2.05) is 11.0 Å². The zero-order valence-corrected chi connectivity index (χ0v) is 21.6. The Morgan fingerprint density at radius 2 is 1.87 bits per heavy atom. The van der Waals surface area contributed by atoms with E-state index in [-0.39, 0.29) is 46.1 Å². The molecule has 1 aromatic carbocycles. The van der Waals surface area contributed by atoms with Crippen LogP contribution in [0.3, 0.4) is 0 Å². The number of nitriles is 2. The molecule has 4 heterocycles. The zero-order chi connectivity index (χ0) is 27.3. The van der Waals surface area contributed by atoms with Crippen molar-refractivity contribution < 1.29 is 17.9 Å². The molecule has 0 unspecified atom stereocenters. The number of aromatic nitrogens is 4. The summed E-state index contributed by atoms with van der Waals surface area (Å²) in [7, 11) is -3.28. The normalized spacial score (nSPS) is 22.9. The summed E-state index contributed by atoms with van der Waals surface area (Å²) in [6.45, 7) is 1.63. The van der Waals surface area contributed by atoms with E-state index in [2.05, 4.69) is 31.8 Å². The van der Waals surface area contributed by atoms with Gasteiger partial charge in [-0.3, -0.25) is 4.90 Å². The summed E-state index contributed by atoms with van der Waals surface area (Å²) < 4.78 is 41.1. The highest BCUT2D eigenvalue weighted by Gasteiger charge is 2.41. The predicted molar refractivity (Wildman–Crippen MR) is 139 cm³/mol.